The Morgan fingerprint density at radius 1 is 1.12 bits per heavy atom. The first-order valence-electron chi connectivity index (χ1n) is 14.5. The van der Waals surface area contributed by atoms with Gasteiger partial charge < -0.3 is 23.8 Å². The van der Waals surface area contributed by atoms with Gasteiger partial charge in [0.25, 0.3) is 0 Å². The lowest BCUT2D eigenvalue weighted by molar-refractivity contribution is -0.147. The molecule has 0 aliphatic carbocycles. The highest BCUT2D eigenvalue weighted by Gasteiger charge is 2.33. The van der Waals surface area contributed by atoms with E-state index >= 15 is 0 Å². The summed E-state index contributed by atoms with van der Waals surface area (Å²) in [5, 5.41) is 0. The van der Waals surface area contributed by atoms with E-state index in [-0.39, 0.29) is 33.3 Å². The molecule has 0 amide bonds. The first-order chi connectivity index (χ1) is 19.7. The first kappa shape index (κ1) is 36.5. The number of fused-ring (bicyclic) bond motifs is 1. The standard InChI is InChI=1S/C32H53O7PS2/c1-10-42(8,9)20-17-38-31(33)25(13-11-12-18-40-35)21-23(2)14-15-26-29(36-4)24(3)27-22-39-32(34)28(27)30(26)37-16-19-41(5,6)7/h11-12,14,25,35,40H,10,13,15-22H2,1-9H3/b12-11+,23-14+. The number of hydrogen-bond donors (Lipinski definition) is 1. The van der Waals surface area contributed by atoms with Crippen LogP contribution in [0.5, 0.6) is 11.5 Å². The quantitative estimate of drug-likeness (QED) is 0.112. The second-order valence-electron chi connectivity index (χ2n) is 12.2. The molecule has 10 heteroatoms. The Morgan fingerprint density at radius 3 is 2.45 bits per heavy atom. The zero-order valence-electron chi connectivity index (χ0n) is 27.1. The zero-order chi connectivity index (χ0) is 31.5. The Labute approximate surface area is 258 Å². The molecule has 7 nitrogen and oxygen atoms in total. The molecule has 0 aromatic heterocycles. The monoisotopic (exact) mass is 644 g/mol. The smallest absolute Gasteiger partial charge is 0.342 e. The maximum atomic E-state index is 13.1. The van der Waals surface area contributed by atoms with Crippen molar-refractivity contribution in [2.75, 3.05) is 75.0 Å². The summed E-state index contributed by atoms with van der Waals surface area (Å²) in [4.78, 5) is 35.1. The van der Waals surface area contributed by atoms with E-state index in [2.05, 4.69) is 44.3 Å². The average Bonchev–Trinajstić information content (AvgIpc) is 3.31. The van der Waals surface area contributed by atoms with E-state index in [1.54, 1.807) is 7.11 Å². The molecule has 1 aliphatic rings. The summed E-state index contributed by atoms with van der Waals surface area (Å²) in [7, 11) is -0.0339. The summed E-state index contributed by atoms with van der Waals surface area (Å²) in [6, 6.07) is 0. The van der Waals surface area contributed by atoms with Gasteiger partial charge in [-0.15, -0.1) is 0 Å². The molecular formula is C32H53O7PS2. The van der Waals surface area contributed by atoms with E-state index in [4.69, 9.17) is 23.8 Å². The second kappa shape index (κ2) is 17.0. The third-order valence-corrected chi connectivity index (χ3v) is 12.2. The van der Waals surface area contributed by atoms with Gasteiger partial charge in [-0.25, -0.2) is 24.9 Å². The topological polar surface area (TPSA) is 91.3 Å². The van der Waals surface area contributed by atoms with Crippen LogP contribution in [0.15, 0.2) is 23.8 Å². The number of carbonyl (C=O) groups is 2. The normalized spacial score (nSPS) is 15.7. The van der Waals surface area contributed by atoms with Gasteiger partial charge in [-0.3, -0.25) is 4.79 Å². The maximum absolute atomic E-state index is 13.1. The molecule has 0 bridgehead atoms. The van der Waals surface area contributed by atoms with Gasteiger partial charge in [0.1, 0.15) is 23.7 Å². The van der Waals surface area contributed by atoms with Gasteiger partial charge >= 0.3 is 11.9 Å². The first-order valence-corrected chi connectivity index (χ1v) is 21.4. The molecule has 1 N–H and O–H groups in total. The van der Waals surface area contributed by atoms with Crippen LogP contribution < -0.4 is 9.47 Å². The van der Waals surface area contributed by atoms with Gasteiger partial charge in [0.2, 0.25) is 0 Å². The van der Waals surface area contributed by atoms with Gasteiger partial charge in [-0.05, 0) is 75.7 Å². The van der Waals surface area contributed by atoms with Crippen molar-refractivity contribution in [3.8, 4) is 11.5 Å². The molecule has 0 saturated heterocycles. The van der Waals surface area contributed by atoms with Crippen LogP contribution in [0.4, 0.5) is 0 Å². The van der Waals surface area contributed by atoms with Crippen molar-refractivity contribution in [1.82, 2.24) is 0 Å². The minimum absolute atomic E-state index is 0.145. The Kier molecular flexibility index (Phi) is 14.8. The molecule has 0 fully saturated rings. The number of esters is 2. The van der Waals surface area contributed by atoms with Crippen LogP contribution in [-0.2, 0) is 27.3 Å². The molecule has 1 aromatic carbocycles. The molecule has 240 valence electrons. The highest BCUT2D eigenvalue weighted by molar-refractivity contribution is 8.32. The Balaban J connectivity index is 2.32. The molecule has 0 spiro atoms. The number of benzene rings is 1. The van der Waals surface area contributed by atoms with Crippen LogP contribution in [0, 0.1) is 12.8 Å². The van der Waals surface area contributed by atoms with Crippen LogP contribution in [0.25, 0.3) is 0 Å². The van der Waals surface area contributed by atoms with Crippen LogP contribution in [0.1, 0.15) is 53.7 Å². The van der Waals surface area contributed by atoms with Crippen molar-refractivity contribution < 1.29 is 33.4 Å². The predicted molar refractivity (Wildman–Crippen MR) is 183 cm³/mol. The third-order valence-electron chi connectivity index (χ3n) is 7.58. The fourth-order valence-electron chi connectivity index (χ4n) is 4.60. The van der Waals surface area contributed by atoms with Crippen molar-refractivity contribution in [2.45, 2.75) is 46.6 Å². The Morgan fingerprint density at radius 2 is 1.83 bits per heavy atom. The van der Waals surface area contributed by atoms with E-state index in [1.807, 2.05) is 26.0 Å². The lowest BCUT2D eigenvalue weighted by atomic mass is 9.93. The van der Waals surface area contributed by atoms with E-state index in [9.17, 15) is 9.59 Å². The average molecular weight is 645 g/mol. The van der Waals surface area contributed by atoms with Gasteiger partial charge in [-0.1, -0.05) is 30.7 Å². The minimum atomic E-state index is -0.780. The Hall–Kier alpha value is -1.67. The molecule has 1 aliphatic heterocycles. The Bertz CT molecular complexity index is 1140. The molecule has 2 atom stereocenters. The SMILES string of the molecule is CCS(C)(C)CCOC(=O)C(C/C=C/CPO)C/C(C)=C/Cc1c(OC)c(C)c2c(c1OCCS(C)(C)C)C(=O)OC2. The number of methoxy groups -OCH3 is 1. The highest BCUT2D eigenvalue weighted by Crippen LogP contribution is 2.44. The van der Waals surface area contributed by atoms with E-state index in [1.165, 1.54) is 0 Å². The number of rotatable bonds is 18. The molecular weight excluding hydrogens is 591 g/mol. The summed E-state index contributed by atoms with van der Waals surface area (Å²) in [5.41, 5.74) is 4.09. The molecule has 1 aromatic rings. The van der Waals surface area contributed by atoms with E-state index in [0.717, 1.165) is 39.5 Å². The van der Waals surface area contributed by atoms with E-state index < -0.39 is 20.1 Å². The third kappa shape index (κ3) is 11.1. The maximum Gasteiger partial charge on any atom is 0.342 e. The lowest BCUT2D eigenvalue weighted by Gasteiger charge is -2.29. The molecule has 2 rings (SSSR count). The van der Waals surface area contributed by atoms with Gasteiger partial charge in [-0.2, -0.15) is 0 Å². The van der Waals surface area contributed by atoms with Gasteiger partial charge in [0.15, 0.2) is 0 Å². The van der Waals surface area contributed by atoms with E-state index in [0.29, 0.717) is 55.7 Å². The van der Waals surface area contributed by atoms with Crippen molar-refractivity contribution in [3.05, 3.63) is 46.1 Å². The molecule has 42 heavy (non-hydrogen) atoms. The van der Waals surface area contributed by atoms with Crippen LogP contribution in [0.2, 0.25) is 0 Å². The van der Waals surface area contributed by atoms with Crippen LogP contribution in [-0.4, -0.2) is 91.9 Å². The number of allylic oxidation sites excluding steroid dienone is 4. The predicted octanol–water partition coefficient (Wildman–Crippen LogP) is 6.40. The molecule has 2 unspecified atom stereocenters. The highest BCUT2D eigenvalue weighted by atomic mass is 32.3. The van der Waals surface area contributed by atoms with Gasteiger partial charge in [0.05, 0.1) is 26.2 Å². The number of hydrogen-bond acceptors (Lipinski definition) is 7. The summed E-state index contributed by atoms with van der Waals surface area (Å²) in [6.45, 7) is 7.32. The molecule has 0 radical (unpaired) electrons. The largest absolute Gasteiger partial charge is 0.496 e. The summed E-state index contributed by atoms with van der Waals surface area (Å²) >= 11 is 0. The second-order valence-corrected chi connectivity index (χ2v) is 22.0. The summed E-state index contributed by atoms with van der Waals surface area (Å²) < 4.78 is 23.4. The van der Waals surface area contributed by atoms with Crippen LogP contribution in [0.3, 0.4) is 0 Å². The number of cyclic esters (lactones) is 1. The summed E-state index contributed by atoms with van der Waals surface area (Å²) in [6.07, 6.45) is 19.4. The van der Waals surface area contributed by atoms with Crippen molar-refractivity contribution in [1.29, 1.82) is 0 Å². The fraction of sp³-hybridized carbons (Fsp3) is 0.625. The lowest BCUT2D eigenvalue weighted by Crippen LogP contribution is -2.21. The number of ether oxygens (including phenoxy) is 4. The summed E-state index contributed by atoms with van der Waals surface area (Å²) in [5.74, 6) is 3.31. The molecule has 0 saturated carbocycles. The van der Waals surface area contributed by atoms with Crippen molar-refractivity contribution >= 4 is 40.8 Å². The van der Waals surface area contributed by atoms with Gasteiger partial charge in [0, 0.05) is 37.6 Å². The van der Waals surface area contributed by atoms with Crippen LogP contribution >= 0.6 is 28.9 Å². The van der Waals surface area contributed by atoms with Crippen molar-refractivity contribution in [3.63, 3.8) is 0 Å². The fourth-order valence-corrected chi connectivity index (χ4v) is 6.28. The number of carbonyl (C=O) groups excluding carboxylic acids is 2. The zero-order valence-corrected chi connectivity index (χ0v) is 29.7. The van der Waals surface area contributed by atoms with Crippen molar-refractivity contribution in [2.24, 2.45) is 5.92 Å². The minimum Gasteiger partial charge on any atom is -0.496 e. The molecule has 1 heterocycles.